The molecule has 1 aliphatic heterocycles. The van der Waals surface area contributed by atoms with Crippen molar-refractivity contribution in [1.82, 2.24) is 19.9 Å². The number of piperazine rings is 1. The van der Waals surface area contributed by atoms with Crippen LogP contribution in [0.3, 0.4) is 0 Å². The van der Waals surface area contributed by atoms with Gasteiger partial charge in [0.25, 0.3) is 0 Å². The van der Waals surface area contributed by atoms with Gasteiger partial charge >= 0.3 is 0 Å². The first kappa shape index (κ1) is 16.7. The third-order valence-corrected chi connectivity index (χ3v) is 5.61. The van der Waals surface area contributed by atoms with Crippen molar-refractivity contribution in [2.75, 3.05) is 32.7 Å². The highest BCUT2D eigenvalue weighted by Gasteiger charge is 2.25. The zero-order valence-corrected chi connectivity index (χ0v) is 14.9. The Morgan fingerprint density at radius 3 is 2.52 bits per heavy atom. The Bertz CT molecular complexity index is 643. The van der Waals surface area contributed by atoms with Crippen LogP contribution in [0.25, 0.3) is 11.4 Å². The molecule has 0 spiro atoms. The summed E-state index contributed by atoms with van der Waals surface area (Å²) in [4.78, 5) is 9.82. The lowest BCUT2D eigenvalue weighted by atomic mass is 10.1. The van der Waals surface area contributed by atoms with Crippen LogP contribution in [0.5, 0.6) is 0 Å². The van der Waals surface area contributed by atoms with Crippen molar-refractivity contribution >= 4 is 0 Å². The van der Waals surface area contributed by atoms with E-state index in [0.29, 0.717) is 5.82 Å². The van der Waals surface area contributed by atoms with Gasteiger partial charge in [-0.1, -0.05) is 48.3 Å². The molecule has 0 bridgehead atoms. The number of nitrogens with zero attached hydrogens (tertiary/aromatic N) is 4. The molecule has 0 atom stereocenters. The minimum atomic E-state index is 0.695. The fraction of sp³-hybridized carbons (Fsp3) is 0.600. The van der Waals surface area contributed by atoms with Crippen LogP contribution in [0.4, 0.5) is 0 Å². The summed E-state index contributed by atoms with van der Waals surface area (Å²) in [5.41, 5.74) is 1.01. The lowest BCUT2D eigenvalue weighted by Gasteiger charge is -2.38. The maximum atomic E-state index is 5.41. The number of hydrogen-bond donors (Lipinski definition) is 0. The molecule has 1 aromatic carbocycles. The molecular formula is C20H28N4O. The molecule has 0 unspecified atom stereocenters. The molecule has 0 amide bonds. The van der Waals surface area contributed by atoms with Gasteiger partial charge in [-0.05, 0) is 25.8 Å². The quantitative estimate of drug-likeness (QED) is 0.808. The Morgan fingerprint density at radius 2 is 1.76 bits per heavy atom. The average Bonchev–Trinajstić information content (AvgIpc) is 3.35. The number of rotatable bonds is 6. The highest BCUT2D eigenvalue weighted by molar-refractivity contribution is 5.53. The lowest BCUT2D eigenvalue weighted by Crippen LogP contribution is -2.49. The van der Waals surface area contributed by atoms with Crippen molar-refractivity contribution in [3.8, 4) is 11.4 Å². The van der Waals surface area contributed by atoms with Crippen molar-refractivity contribution < 1.29 is 4.52 Å². The second kappa shape index (κ2) is 8.11. The standard InChI is InChI=1S/C20H28N4O/c1-2-7-17(8-3-1)20-21-19(25-22-20)11-6-12-23-13-15-24(16-14-23)18-9-4-5-10-18/h1-3,7-8,18H,4-6,9-16H2. The van der Waals surface area contributed by atoms with E-state index in [1.54, 1.807) is 0 Å². The van der Waals surface area contributed by atoms with Gasteiger partial charge in [-0.3, -0.25) is 4.90 Å². The SMILES string of the molecule is c1ccc(-c2noc(CCCN3CCN(C4CCCC4)CC3)n2)cc1. The van der Waals surface area contributed by atoms with E-state index in [1.807, 2.05) is 30.3 Å². The smallest absolute Gasteiger partial charge is 0.227 e. The Morgan fingerprint density at radius 1 is 1.00 bits per heavy atom. The van der Waals surface area contributed by atoms with Crippen LogP contribution >= 0.6 is 0 Å². The predicted molar refractivity (Wildman–Crippen MR) is 98.3 cm³/mol. The first-order valence-electron chi connectivity index (χ1n) is 9.73. The van der Waals surface area contributed by atoms with Gasteiger partial charge in [0, 0.05) is 44.2 Å². The second-order valence-corrected chi connectivity index (χ2v) is 7.30. The van der Waals surface area contributed by atoms with E-state index in [4.69, 9.17) is 4.52 Å². The van der Waals surface area contributed by atoms with E-state index in [2.05, 4.69) is 19.9 Å². The van der Waals surface area contributed by atoms with Crippen molar-refractivity contribution in [3.63, 3.8) is 0 Å². The third kappa shape index (κ3) is 4.28. The summed E-state index contributed by atoms with van der Waals surface area (Å²) < 4.78 is 5.41. The topological polar surface area (TPSA) is 45.4 Å². The number of hydrogen-bond acceptors (Lipinski definition) is 5. The minimum absolute atomic E-state index is 0.695. The molecule has 134 valence electrons. The molecule has 25 heavy (non-hydrogen) atoms. The van der Waals surface area contributed by atoms with E-state index in [9.17, 15) is 0 Å². The van der Waals surface area contributed by atoms with Crippen molar-refractivity contribution in [3.05, 3.63) is 36.2 Å². The lowest BCUT2D eigenvalue weighted by molar-refractivity contribution is 0.0969. The van der Waals surface area contributed by atoms with Crippen LogP contribution in [-0.2, 0) is 6.42 Å². The average molecular weight is 340 g/mol. The number of aromatic nitrogens is 2. The summed E-state index contributed by atoms with van der Waals surface area (Å²) in [7, 11) is 0. The largest absolute Gasteiger partial charge is 0.339 e. The van der Waals surface area contributed by atoms with Gasteiger partial charge in [0.1, 0.15) is 0 Å². The third-order valence-electron chi connectivity index (χ3n) is 5.61. The van der Waals surface area contributed by atoms with E-state index in [1.165, 1.54) is 51.9 Å². The molecule has 1 aromatic heterocycles. The molecule has 5 heteroatoms. The highest BCUT2D eigenvalue weighted by atomic mass is 16.5. The molecule has 4 rings (SSSR count). The molecule has 1 saturated heterocycles. The second-order valence-electron chi connectivity index (χ2n) is 7.30. The van der Waals surface area contributed by atoms with E-state index >= 15 is 0 Å². The summed E-state index contributed by atoms with van der Waals surface area (Å²) in [6.45, 7) is 6.01. The molecule has 2 aromatic rings. The van der Waals surface area contributed by atoms with E-state index in [-0.39, 0.29) is 0 Å². The molecule has 2 heterocycles. The molecule has 0 radical (unpaired) electrons. The first-order chi connectivity index (χ1) is 12.4. The van der Waals surface area contributed by atoms with Gasteiger partial charge in [0.05, 0.1) is 0 Å². The monoisotopic (exact) mass is 340 g/mol. The van der Waals surface area contributed by atoms with Gasteiger partial charge < -0.3 is 9.42 Å². The summed E-state index contributed by atoms with van der Waals surface area (Å²) in [5, 5.41) is 4.10. The van der Waals surface area contributed by atoms with Crippen LogP contribution in [0.1, 0.15) is 38.0 Å². The van der Waals surface area contributed by atoms with Crippen molar-refractivity contribution in [2.24, 2.45) is 0 Å². The number of aryl methyl sites for hydroxylation is 1. The Labute approximate surface area is 150 Å². The Kier molecular flexibility index (Phi) is 5.43. The fourth-order valence-corrected chi connectivity index (χ4v) is 4.14. The van der Waals surface area contributed by atoms with Crippen LogP contribution in [0, 0.1) is 0 Å². The van der Waals surface area contributed by atoms with Crippen LogP contribution in [0.15, 0.2) is 34.9 Å². The predicted octanol–water partition coefficient (Wildman–Crippen LogP) is 3.23. The Balaban J connectivity index is 1.19. The summed E-state index contributed by atoms with van der Waals surface area (Å²) >= 11 is 0. The molecule has 5 nitrogen and oxygen atoms in total. The molecule has 1 saturated carbocycles. The maximum absolute atomic E-state index is 5.41. The molecule has 0 N–H and O–H groups in total. The van der Waals surface area contributed by atoms with Crippen molar-refractivity contribution in [1.29, 1.82) is 0 Å². The molecule has 2 aliphatic rings. The molecular weight excluding hydrogens is 312 g/mol. The summed E-state index contributed by atoms with van der Waals surface area (Å²) in [6.07, 6.45) is 7.64. The summed E-state index contributed by atoms with van der Waals surface area (Å²) in [5.74, 6) is 1.45. The summed E-state index contributed by atoms with van der Waals surface area (Å²) in [6, 6.07) is 10.9. The van der Waals surface area contributed by atoms with Crippen LogP contribution in [0.2, 0.25) is 0 Å². The van der Waals surface area contributed by atoms with Gasteiger partial charge in [-0.25, -0.2) is 0 Å². The minimum Gasteiger partial charge on any atom is -0.339 e. The Hall–Kier alpha value is -1.72. The molecule has 1 aliphatic carbocycles. The highest BCUT2D eigenvalue weighted by Crippen LogP contribution is 2.24. The van der Waals surface area contributed by atoms with Gasteiger partial charge in [0.2, 0.25) is 11.7 Å². The first-order valence-corrected chi connectivity index (χ1v) is 9.73. The zero-order valence-electron chi connectivity index (χ0n) is 14.9. The fourth-order valence-electron chi connectivity index (χ4n) is 4.14. The normalized spacial score (nSPS) is 20.3. The van der Waals surface area contributed by atoms with Gasteiger partial charge in [-0.2, -0.15) is 4.98 Å². The van der Waals surface area contributed by atoms with E-state index in [0.717, 1.165) is 36.9 Å². The number of benzene rings is 1. The van der Waals surface area contributed by atoms with E-state index < -0.39 is 0 Å². The van der Waals surface area contributed by atoms with Gasteiger partial charge in [-0.15, -0.1) is 0 Å². The van der Waals surface area contributed by atoms with Crippen LogP contribution in [-0.4, -0.2) is 58.7 Å². The zero-order chi connectivity index (χ0) is 16.9. The molecule has 2 fully saturated rings. The maximum Gasteiger partial charge on any atom is 0.227 e. The van der Waals surface area contributed by atoms with Gasteiger partial charge in [0.15, 0.2) is 0 Å². The van der Waals surface area contributed by atoms with Crippen LogP contribution < -0.4 is 0 Å². The van der Waals surface area contributed by atoms with Crippen molar-refractivity contribution in [2.45, 2.75) is 44.6 Å².